The molecule has 3 heterocycles. The van der Waals surface area contributed by atoms with Crippen molar-refractivity contribution in [2.75, 3.05) is 65.9 Å². The highest BCUT2D eigenvalue weighted by molar-refractivity contribution is 7.23. The number of methoxy groups -OCH3 is 1. The summed E-state index contributed by atoms with van der Waals surface area (Å²) in [7, 11) is 5.64. The summed E-state index contributed by atoms with van der Waals surface area (Å²) in [6.45, 7) is 5.02. The van der Waals surface area contributed by atoms with E-state index >= 15 is 0 Å². The van der Waals surface area contributed by atoms with Crippen LogP contribution in [0.2, 0.25) is 0 Å². The second-order valence-electron chi connectivity index (χ2n) is 10.5. The summed E-state index contributed by atoms with van der Waals surface area (Å²) in [5.41, 5.74) is 5.85. The lowest BCUT2D eigenvalue weighted by molar-refractivity contribution is -0.116. The number of rotatable bonds is 13. The number of carbonyl (C=O) groups is 2. The Labute approximate surface area is 254 Å². The lowest BCUT2D eigenvalue weighted by Gasteiger charge is -2.13. The molecule has 0 fully saturated rings. The Balaban J connectivity index is 1.38. The summed E-state index contributed by atoms with van der Waals surface area (Å²) in [5, 5.41) is 14.6. The number of hydrogen-bond donors (Lipinski definition) is 4. The third-order valence-corrected chi connectivity index (χ3v) is 9.30. The third kappa shape index (κ3) is 7.41. The Kier molecular flexibility index (Phi) is 10.3. The maximum Gasteiger partial charge on any atom is 0.251 e. The van der Waals surface area contributed by atoms with Crippen LogP contribution in [0.15, 0.2) is 42.5 Å². The van der Waals surface area contributed by atoms with Crippen molar-refractivity contribution < 1.29 is 14.3 Å². The highest BCUT2D eigenvalue weighted by Crippen LogP contribution is 2.45. The molecule has 0 saturated heterocycles. The van der Waals surface area contributed by atoms with Crippen LogP contribution in [0.1, 0.15) is 27.2 Å². The van der Waals surface area contributed by atoms with Crippen molar-refractivity contribution in [1.82, 2.24) is 25.8 Å². The fourth-order valence-corrected chi connectivity index (χ4v) is 7.21. The summed E-state index contributed by atoms with van der Waals surface area (Å²) >= 11 is 3.29. The predicted octanol–water partition coefficient (Wildman–Crippen LogP) is 4.19. The van der Waals surface area contributed by atoms with Gasteiger partial charge in [0.05, 0.1) is 16.8 Å². The van der Waals surface area contributed by atoms with Crippen LogP contribution in [0.5, 0.6) is 0 Å². The normalized spacial score (nSPS) is 13.0. The smallest absolute Gasteiger partial charge is 0.251 e. The van der Waals surface area contributed by atoms with E-state index in [2.05, 4.69) is 39.5 Å². The fraction of sp³-hybridized carbons (Fsp3) is 0.387. The van der Waals surface area contributed by atoms with Crippen molar-refractivity contribution in [3.05, 3.63) is 58.5 Å². The number of amides is 2. The van der Waals surface area contributed by atoms with E-state index in [0.717, 1.165) is 69.5 Å². The van der Waals surface area contributed by atoms with Gasteiger partial charge < -0.3 is 30.9 Å². The zero-order valence-electron chi connectivity index (χ0n) is 24.3. The van der Waals surface area contributed by atoms with Crippen LogP contribution >= 0.6 is 22.7 Å². The molecule has 1 aliphatic heterocycles. The SMILES string of the molecule is COCCNCCC(=O)Nc1sc2c(c1-c1nc3cc(-c4cccc(C(=O)NCCN(C)C)c4)ccc3s1)CCNC2. The van der Waals surface area contributed by atoms with Crippen molar-refractivity contribution in [2.24, 2.45) is 0 Å². The first kappa shape index (κ1) is 30.3. The highest BCUT2D eigenvalue weighted by Gasteiger charge is 2.25. The van der Waals surface area contributed by atoms with E-state index in [0.29, 0.717) is 31.7 Å². The molecule has 0 bridgehead atoms. The zero-order chi connectivity index (χ0) is 29.5. The molecule has 2 aromatic heterocycles. The molecular formula is C31H38N6O3S2. The van der Waals surface area contributed by atoms with Crippen LogP contribution in [0.3, 0.4) is 0 Å². The molecule has 0 radical (unpaired) electrons. The van der Waals surface area contributed by atoms with E-state index in [1.807, 2.05) is 43.3 Å². The molecule has 0 unspecified atom stereocenters. The first-order valence-corrected chi connectivity index (χ1v) is 15.9. The van der Waals surface area contributed by atoms with Crippen molar-refractivity contribution in [3.8, 4) is 21.7 Å². The van der Waals surface area contributed by atoms with Gasteiger partial charge in [0.1, 0.15) is 10.0 Å². The number of aromatic nitrogens is 1. The number of nitrogens with zero attached hydrogens (tertiary/aromatic N) is 2. The average Bonchev–Trinajstić information content (AvgIpc) is 3.57. The van der Waals surface area contributed by atoms with Crippen LogP contribution in [-0.2, 0) is 22.5 Å². The minimum atomic E-state index is -0.0761. The lowest BCUT2D eigenvalue weighted by atomic mass is 10.0. The van der Waals surface area contributed by atoms with Crippen LogP contribution in [0.4, 0.5) is 5.00 Å². The molecule has 1 aliphatic rings. The Hall–Kier alpha value is -3.19. The summed E-state index contributed by atoms with van der Waals surface area (Å²) in [5.74, 6) is -0.0884. The monoisotopic (exact) mass is 606 g/mol. The third-order valence-electron chi connectivity index (χ3n) is 7.10. The number of nitrogens with one attached hydrogen (secondary N) is 4. The number of ether oxygens (including phenoxy) is 1. The maximum atomic E-state index is 12.8. The summed E-state index contributed by atoms with van der Waals surface area (Å²) in [4.78, 5) is 33.9. The van der Waals surface area contributed by atoms with Crippen LogP contribution in [0.25, 0.3) is 31.9 Å². The Morgan fingerprint density at radius 2 is 1.93 bits per heavy atom. The van der Waals surface area contributed by atoms with E-state index in [9.17, 15) is 9.59 Å². The molecule has 0 aliphatic carbocycles. The number of thiazole rings is 1. The van der Waals surface area contributed by atoms with Gasteiger partial charge in [-0.2, -0.15) is 0 Å². The molecule has 11 heteroatoms. The quantitative estimate of drug-likeness (QED) is 0.169. The Morgan fingerprint density at radius 1 is 1.07 bits per heavy atom. The minimum Gasteiger partial charge on any atom is -0.383 e. The Morgan fingerprint density at radius 3 is 2.76 bits per heavy atom. The molecule has 5 rings (SSSR count). The first-order chi connectivity index (χ1) is 20.4. The van der Waals surface area contributed by atoms with Gasteiger partial charge >= 0.3 is 0 Å². The number of benzene rings is 2. The van der Waals surface area contributed by atoms with Gasteiger partial charge in [0, 0.05) is 62.3 Å². The highest BCUT2D eigenvalue weighted by atomic mass is 32.1. The molecule has 2 aromatic carbocycles. The maximum absolute atomic E-state index is 12.8. The van der Waals surface area contributed by atoms with Crippen molar-refractivity contribution in [1.29, 1.82) is 0 Å². The first-order valence-electron chi connectivity index (χ1n) is 14.2. The minimum absolute atomic E-state index is 0.0123. The van der Waals surface area contributed by atoms with E-state index in [-0.39, 0.29) is 11.8 Å². The standard InChI is InChI=1S/C31H38N6O3S2/c1-37(2)15-13-34-29(39)22-6-4-5-20(17-22)21-7-8-25-24(18-21)35-30(41-25)28-23-9-11-33-19-26(23)42-31(28)36-27(38)10-12-32-14-16-40-3/h4-8,17-18,32-33H,9-16,19H2,1-3H3,(H,34,39)(H,36,38). The van der Waals surface area contributed by atoms with Crippen molar-refractivity contribution >= 4 is 49.7 Å². The molecule has 9 nitrogen and oxygen atoms in total. The molecular weight excluding hydrogens is 569 g/mol. The van der Waals surface area contributed by atoms with Gasteiger partial charge in [-0.25, -0.2) is 4.98 Å². The molecule has 42 heavy (non-hydrogen) atoms. The molecule has 4 aromatic rings. The molecule has 222 valence electrons. The van der Waals surface area contributed by atoms with E-state index in [4.69, 9.17) is 9.72 Å². The summed E-state index contributed by atoms with van der Waals surface area (Å²) < 4.78 is 6.14. The van der Waals surface area contributed by atoms with Gasteiger partial charge in [-0.3, -0.25) is 9.59 Å². The van der Waals surface area contributed by atoms with Gasteiger partial charge in [-0.15, -0.1) is 22.7 Å². The van der Waals surface area contributed by atoms with Crippen molar-refractivity contribution in [2.45, 2.75) is 19.4 Å². The zero-order valence-corrected chi connectivity index (χ0v) is 26.0. The second kappa shape index (κ2) is 14.3. The number of carbonyl (C=O) groups excluding carboxylic acids is 2. The van der Waals surface area contributed by atoms with Crippen LogP contribution in [0, 0.1) is 0 Å². The number of fused-ring (bicyclic) bond motifs is 2. The topological polar surface area (TPSA) is 108 Å². The number of likely N-dealkylation sites (N-methyl/N-ethyl adjacent to an activating group) is 1. The van der Waals surface area contributed by atoms with Gasteiger partial charge in [-0.1, -0.05) is 18.2 Å². The fourth-order valence-electron chi connectivity index (χ4n) is 4.89. The predicted molar refractivity (Wildman–Crippen MR) is 173 cm³/mol. The Bertz CT molecular complexity index is 1550. The molecule has 2 amide bonds. The van der Waals surface area contributed by atoms with Crippen LogP contribution in [-0.4, -0.2) is 82.2 Å². The average molecular weight is 607 g/mol. The van der Waals surface area contributed by atoms with Crippen LogP contribution < -0.4 is 21.3 Å². The second-order valence-corrected chi connectivity index (χ2v) is 12.7. The lowest BCUT2D eigenvalue weighted by Crippen LogP contribution is -2.31. The summed E-state index contributed by atoms with van der Waals surface area (Å²) in [6.07, 6.45) is 1.29. The molecule has 0 saturated carbocycles. The van der Waals surface area contributed by atoms with Gasteiger partial charge in [-0.05, 0) is 68.0 Å². The van der Waals surface area contributed by atoms with Crippen molar-refractivity contribution in [3.63, 3.8) is 0 Å². The molecule has 0 spiro atoms. The number of hydrogen-bond acceptors (Lipinski definition) is 9. The van der Waals surface area contributed by atoms with E-state index in [1.165, 1.54) is 10.4 Å². The summed E-state index contributed by atoms with van der Waals surface area (Å²) in [6, 6.07) is 14.0. The van der Waals surface area contributed by atoms with Gasteiger partial charge in [0.25, 0.3) is 5.91 Å². The number of anilines is 1. The number of thiophene rings is 1. The van der Waals surface area contributed by atoms with E-state index < -0.39 is 0 Å². The van der Waals surface area contributed by atoms with Gasteiger partial charge in [0.2, 0.25) is 5.91 Å². The van der Waals surface area contributed by atoms with Gasteiger partial charge in [0.15, 0.2) is 0 Å². The molecule has 4 N–H and O–H groups in total. The largest absolute Gasteiger partial charge is 0.383 e. The molecule has 0 atom stereocenters. The van der Waals surface area contributed by atoms with E-state index in [1.54, 1.807) is 29.8 Å².